The Morgan fingerprint density at radius 3 is 2.96 bits per heavy atom. The molecule has 0 spiro atoms. The maximum Gasteiger partial charge on any atom is 0.0892 e. The summed E-state index contributed by atoms with van der Waals surface area (Å²) >= 11 is 0. The first-order valence-corrected chi connectivity index (χ1v) is 9.16. The van der Waals surface area contributed by atoms with Crippen LogP contribution in [0.25, 0.3) is 0 Å². The van der Waals surface area contributed by atoms with Crippen LogP contribution in [0.5, 0.6) is 0 Å². The molecule has 0 aromatic carbocycles. The normalized spacial score (nSPS) is 24.4. The summed E-state index contributed by atoms with van der Waals surface area (Å²) < 4.78 is 6.16. The van der Waals surface area contributed by atoms with E-state index in [0.717, 1.165) is 50.5 Å². The fourth-order valence-corrected chi connectivity index (χ4v) is 3.96. The van der Waals surface area contributed by atoms with E-state index in [2.05, 4.69) is 31.9 Å². The second kappa shape index (κ2) is 7.60. The van der Waals surface area contributed by atoms with Crippen molar-refractivity contribution in [3.63, 3.8) is 0 Å². The fraction of sp³-hybridized carbons (Fsp3) is 0.500. The molecule has 0 unspecified atom stereocenters. The largest absolute Gasteiger partial charge is 0.371 e. The summed E-state index contributed by atoms with van der Waals surface area (Å²) in [5.74, 6) is 0. The number of piperazine rings is 1. The van der Waals surface area contributed by atoms with Gasteiger partial charge in [-0.25, -0.2) is 0 Å². The van der Waals surface area contributed by atoms with Gasteiger partial charge in [-0.15, -0.1) is 0 Å². The maximum absolute atomic E-state index is 6.16. The number of fused-ring (bicyclic) bond motifs is 1. The van der Waals surface area contributed by atoms with E-state index in [1.807, 2.05) is 37.5 Å². The molecule has 2 fully saturated rings. The van der Waals surface area contributed by atoms with Gasteiger partial charge in [0.05, 0.1) is 18.4 Å². The molecule has 0 aliphatic carbocycles. The molecule has 4 heterocycles. The molecule has 5 heteroatoms. The molecule has 2 aromatic heterocycles. The van der Waals surface area contributed by atoms with Gasteiger partial charge >= 0.3 is 0 Å². The van der Waals surface area contributed by atoms with Crippen molar-refractivity contribution in [2.45, 2.75) is 38.6 Å². The van der Waals surface area contributed by atoms with Crippen molar-refractivity contribution in [2.75, 3.05) is 26.2 Å². The van der Waals surface area contributed by atoms with E-state index in [1.165, 1.54) is 5.56 Å². The first-order chi connectivity index (χ1) is 12.3. The molecule has 2 saturated heterocycles. The van der Waals surface area contributed by atoms with E-state index >= 15 is 0 Å². The monoisotopic (exact) mass is 338 g/mol. The van der Waals surface area contributed by atoms with Crippen molar-refractivity contribution in [3.05, 3.63) is 59.7 Å². The van der Waals surface area contributed by atoms with Gasteiger partial charge in [0, 0.05) is 56.9 Å². The zero-order valence-corrected chi connectivity index (χ0v) is 14.8. The Labute approximate surface area is 149 Å². The molecular weight excluding hydrogens is 312 g/mol. The lowest BCUT2D eigenvalue weighted by Crippen LogP contribution is -2.49. The van der Waals surface area contributed by atoms with Gasteiger partial charge in [-0.1, -0.05) is 12.1 Å². The van der Waals surface area contributed by atoms with Crippen molar-refractivity contribution >= 4 is 0 Å². The molecule has 2 aliphatic heterocycles. The molecule has 2 aliphatic rings. The highest BCUT2D eigenvalue weighted by molar-refractivity contribution is 5.10. The van der Waals surface area contributed by atoms with Gasteiger partial charge in [-0.05, 0) is 37.1 Å². The Morgan fingerprint density at radius 1 is 1.16 bits per heavy atom. The van der Waals surface area contributed by atoms with Crippen LogP contribution in [-0.4, -0.2) is 58.1 Å². The lowest BCUT2D eigenvalue weighted by atomic mass is 10.1. The molecule has 0 bridgehead atoms. The zero-order chi connectivity index (χ0) is 17.1. The van der Waals surface area contributed by atoms with Crippen LogP contribution < -0.4 is 0 Å². The highest BCUT2D eigenvalue weighted by atomic mass is 16.5. The van der Waals surface area contributed by atoms with E-state index in [0.29, 0.717) is 18.8 Å². The third-order valence-electron chi connectivity index (χ3n) is 5.20. The summed E-state index contributed by atoms with van der Waals surface area (Å²) in [6.07, 6.45) is 5.26. The van der Waals surface area contributed by atoms with E-state index in [-0.39, 0.29) is 0 Å². The van der Waals surface area contributed by atoms with Crippen LogP contribution in [0.3, 0.4) is 0 Å². The number of hydrogen-bond acceptors (Lipinski definition) is 5. The fourth-order valence-electron chi connectivity index (χ4n) is 3.96. The lowest BCUT2D eigenvalue weighted by molar-refractivity contribution is 0.0439. The van der Waals surface area contributed by atoms with Crippen molar-refractivity contribution in [1.82, 2.24) is 19.8 Å². The number of pyridine rings is 2. The topological polar surface area (TPSA) is 41.5 Å². The summed E-state index contributed by atoms with van der Waals surface area (Å²) in [5.41, 5.74) is 3.38. The number of aromatic nitrogens is 2. The Bertz CT molecular complexity index is 693. The molecule has 0 saturated carbocycles. The summed E-state index contributed by atoms with van der Waals surface area (Å²) in [4.78, 5) is 13.9. The highest BCUT2D eigenvalue weighted by Crippen LogP contribution is 2.25. The molecule has 0 N–H and O–H groups in total. The standard InChI is InChI=1S/C20H26N4O/c1-16-4-2-6-18(22-16)15-25-20-10-19-13-23(8-9-24(19)14-20)12-17-5-3-7-21-11-17/h2-7,11,19-20H,8-10,12-15H2,1H3/t19-,20+/m0/s1. The quantitative estimate of drug-likeness (QED) is 0.836. The van der Waals surface area contributed by atoms with Crippen LogP contribution >= 0.6 is 0 Å². The van der Waals surface area contributed by atoms with Gasteiger partial charge in [0.25, 0.3) is 0 Å². The van der Waals surface area contributed by atoms with Crippen molar-refractivity contribution < 1.29 is 4.74 Å². The number of nitrogens with zero attached hydrogens (tertiary/aromatic N) is 4. The molecule has 0 radical (unpaired) electrons. The van der Waals surface area contributed by atoms with Gasteiger partial charge in [0.15, 0.2) is 0 Å². The predicted octanol–water partition coefficient (Wildman–Crippen LogP) is 2.26. The third-order valence-corrected chi connectivity index (χ3v) is 5.20. The molecule has 132 valence electrons. The Kier molecular flexibility index (Phi) is 5.06. The number of ether oxygens (including phenoxy) is 1. The molecule has 25 heavy (non-hydrogen) atoms. The minimum atomic E-state index is 0.325. The average Bonchev–Trinajstić information content (AvgIpc) is 3.03. The van der Waals surface area contributed by atoms with Crippen molar-refractivity contribution in [3.8, 4) is 0 Å². The summed E-state index contributed by atoms with van der Waals surface area (Å²) in [6.45, 7) is 8.07. The molecule has 2 aromatic rings. The van der Waals surface area contributed by atoms with Crippen LogP contribution in [0.2, 0.25) is 0 Å². The van der Waals surface area contributed by atoms with Crippen LogP contribution in [0, 0.1) is 6.92 Å². The lowest BCUT2D eigenvalue weighted by Gasteiger charge is -2.37. The van der Waals surface area contributed by atoms with E-state index < -0.39 is 0 Å². The summed E-state index contributed by atoms with van der Waals surface area (Å²) in [5, 5.41) is 0. The first-order valence-electron chi connectivity index (χ1n) is 9.16. The van der Waals surface area contributed by atoms with Gasteiger partial charge < -0.3 is 4.74 Å². The number of rotatable bonds is 5. The van der Waals surface area contributed by atoms with Crippen LogP contribution in [0.15, 0.2) is 42.7 Å². The smallest absolute Gasteiger partial charge is 0.0892 e. The van der Waals surface area contributed by atoms with Crippen LogP contribution in [0.4, 0.5) is 0 Å². The van der Waals surface area contributed by atoms with Gasteiger partial charge in [-0.2, -0.15) is 0 Å². The number of aryl methyl sites for hydroxylation is 1. The third kappa shape index (κ3) is 4.24. The van der Waals surface area contributed by atoms with Crippen molar-refractivity contribution in [1.29, 1.82) is 0 Å². The Balaban J connectivity index is 1.28. The summed E-state index contributed by atoms with van der Waals surface area (Å²) in [7, 11) is 0. The summed E-state index contributed by atoms with van der Waals surface area (Å²) in [6, 6.07) is 10.9. The predicted molar refractivity (Wildman–Crippen MR) is 97.0 cm³/mol. The van der Waals surface area contributed by atoms with Gasteiger partial charge in [-0.3, -0.25) is 19.8 Å². The SMILES string of the molecule is Cc1cccc(CO[C@@H]2C[C@H]3CN(Cc4cccnc4)CCN3C2)n1. The number of hydrogen-bond donors (Lipinski definition) is 0. The van der Waals surface area contributed by atoms with E-state index in [4.69, 9.17) is 4.74 Å². The molecular formula is C20H26N4O. The van der Waals surface area contributed by atoms with E-state index in [1.54, 1.807) is 0 Å². The maximum atomic E-state index is 6.16. The Morgan fingerprint density at radius 2 is 2.12 bits per heavy atom. The van der Waals surface area contributed by atoms with Crippen LogP contribution in [0.1, 0.15) is 23.4 Å². The molecule has 5 nitrogen and oxygen atoms in total. The zero-order valence-electron chi connectivity index (χ0n) is 14.8. The van der Waals surface area contributed by atoms with Crippen LogP contribution in [-0.2, 0) is 17.9 Å². The second-order valence-electron chi connectivity index (χ2n) is 7.18. The molecule has 4 rings (SSSR count). The minimum Gasteiger partial charge on any atom is -0.371 e. The molecule has 2 atom stereocenters. The van der Waals surface area contributed by atoms with Gasteiger partial charge in [0.2, 0.25) is 0 Å². The van der Waals surface area contributed by atoms with Gasteiger partial charge in [0.1, 0.15) is 0 Å². The van der Waals surface area contributed by atoms with E-state index in [9.17, 15) is 0 Å². The minimum absolute atomic E-state index is 0.325. The highest BCUT2D eigenvalue weighted by Gasteiger charge is 2.36. The first kappa shape index (κ1) is 16.6. The molecule has 0 amide bonds. The average molecular weight is 338 g/mol. The second-order valence-corrected chi connectivity index (χ2v) is 7.18. The van der Waals surface area contributed by atoms with Crippen molar-refractivity contribution in [2.24, 2.45) is 0 Å². The Hall–Kier alpha value is -1.82.